The first-order valence-electron chi connectivity index (χ1n) is 6.38. The van der Waals surface area contributed by atoms with Crippen LogP contribution in [0.2, 0.25) is 0 Å². The lowest BCUT2D eigenvalue weighted by molar-refractivity contribution is 0.0989. The number of rotatable bonds is 6. The minimum atomic E-state index is 0.184. The molecule has 0 fully saturated rings. The highest BCUT2D eigenvalue weighted by Gasteiger charge is 2.12. The predicted molar refractivity (Wildman–Crippen MR) is 76.4 cm³/mol. The van der Waals surface area contributed by atoms with Gasteiger partial charge in [0.2, 0.25) is 0 Å². The summed E-state index contributed by atoms with van der Waals surface area (Å²) in [4.78, 5) is 14.3. The molecular formula is C15H24N2O. The van der Waals surface area contributed by atoms with Crippen LogP contribution in [0.25, 0.3) is 0 Å². The van der Waals surface area contributed by atoms with Crippen LogP contribution in [0.3, 0.4) is 0 Å². The van der Waals surface area contributed by atoms with Crippen molar-refractivity contribution >= 4 is 5.78 Å². The number of hydrogen-bond donors (Lipinski definition) is 1. The maximum atomic E-state index is 12.2. The molecule has 0 saturated carbocycles. The van der Waals surface area contributed by atoms with Crippen molar-refractivity contribution in [3.05, 3.63) is 34.4 Å². The zero-order valence-corrected chi connectivity index (χ0v) is 12.1. The Hall–Kier alpha value is -1.19. The number of ketones is 1. The Morgan fingerprint density at radius 3 is 2.22 bits per heavy atom. The van der Waals surface area contributed by atoms with Gasteiger partial charge in [0.25, 0.3) is 0 Å². The molecule has 0 radical (unpaired) electrons. The van der Waals surface area contributed by atoms with E-state index in [9.17, 15) is 4.79 Å². The summed E-state index contributed by atoms with van der Waals surface area (Å²) in [7, 11) is 4.05. The van der Waals surface area contributed by atoms with Gasteiger partial charge in [-0.25, -0.2) is 0 Å². The minimum absolute atomic E-state index is 0.184. The van der Waals surface area contributed by atoms with Crippen molar-refractivity contribution in [3.8, 4) is 0 Å². The lowest BCUT2D eigenvalue weighted by Gasteiger charge is -2.12. The first-order valence-corrected chi connectivity index (χ1v) is 6.38. The summed E-state index contributed by atoms with van der Waals surface area (Å²) in [6.45, 7) is 8.27. The Bertz CT molecular complexity index is 401. The molecular weight excluding hydrogens is 224 g/mol. The summed E-state index contributed by atoms with van der Waals surface area (Å²) >= 11 is 0. The number of Topliss-reactive ketones (excluding diaryl/α,β-unsaturated/α-hetero) is 1. The summed E-state index contributed by atoms with van der Waals surface area (Å²) in [5, 5.41) is 3.19. The number of aryl methyl sites for hydroxylation is 3. The minimum Gasteiger partial charge on any atom is -0.308 e. The van der Waals surface area contributed by atoms with Crippen LogP contribution in [0, 0.1) is 20.8 Å². The highest BCUT2D eigenvalue weighted by Crippen LogP contribution is 2.16. The van der Waals surface area contributed by atoms with Crippen LogP contribution in [0.15, 0.2) is 12.1 Å². The predicted octanol–water partition coefficient (Wildman–Crippen LogP) is 1.95. The molecule has 18 heavy (non-hydrogen) atoms. The van der Waals surface area contributed by atoms with Crippen LogP contribution < -0.4 is 5.32 Å². The smallest absolute Gasteiger partial charge is 0.177 e. The maximum Gasteiger partial charge on any atom is 0.177 e. The number of likely N-dealkylation sites (N-methyl/N-ethyl adjacent to an activating group) is 1. The van der Waals surface area contributed by atoms with Gasteiger partial charge in [0.05, 0.1) is 6.54 Å². The third kappa shape index (κ3) is 4.24. The van der Waals surface area contributed by atoms with Gasteiger partial charge in [-0.3, -0.25) is 4.79 Å². The van der Waals surface area contributed by atoms with Gasteiger partial charge >= 0.3 is 0 Å². The fraction of sp³-hybridized carbons (Fsp3) is 0.533. The van der Waals surface area contributed by atoms with Crippen LogP contribution in [0.5, 0.6) is 0 Å². The Kier molecular flexibility index (Phi) is 5.51. The van der Waals surface area contributed by atoms with Gasteiger partial charge in [0.1, 0.15) is 0 Å². The van der Waals surface area contributed by atoms with E-state index in [1.165, 1.54) is 5.56 Å². The largest absolute Gasteiger partial charge is 0.308 e. The third-order valence-electron chi connectivity index (χ3n) is 2.98. The quantitative estimate of drug-likeness (QED) is 0.617. The highest BCUT2D eigenvalue weighted by atomic mass is 16.1. The molecule has 0 aliphatic rings. The molecule has 0 unspecified atom stereocenters. The summed E-state index contributed by atoms with van der Waals surface area (Å²) in [6.07, 6.45) is 0. The van der Waals surface area contributed by atoms with Crippen molar-refractivity contribution in [2.75, 3.05) is 33.7 Å². The van der Waals surface area contributed by atoms with Gasteiger partial charge in [0, 0.05) is 18.7 Å². The average Bonchev–Trinajstić information content (AvgIpc) is 2.22. The SMILES string of the molecule is Cc1cc(C)c(C(=O)CNCCN(C)C)c(C)c1. The van der Waals surface area contributed by atoms with E-state index in [4.69, 9.17) is 0 Å². The van der Waals surface area contributed by atoms with E-state index in [1.54, 1.807) is 0 Å². The van der Waals surface area contributed by atoms with Gasteiger partial charge < -0.3 is 10.2 Å². The van der Waals surface area contributed by atoms with E-state index in [-0.39, 0.29) is 5.78 Å². The van der Waals surface area contributed by atoms with Crippen molar-refractivity contribution in [1.82, 2.24) is 10.2 Å². The molecule has 0 aromatic heterocycles. The van der Waals surface area contributed by atoms with Crippen LogP contribution in [0.1, 0.15) is 27.0 Å². The lowest BCUT2D eigenvalue weighted by atomic mass is 9.96. The van der Waals surface area contributed by atoms with Crippen LogP contribution in [-0.4, -0.2) is 44.4 Å². The molecule has 0 spiro atoms. The first-order chi connectivity index (χ1) is 8.41. The lowest BCUT2D eigenvalue weighted by Crippen LogP contribution is -2.31. The second kappa shape index (κ2) is 6.66. The molecule has 0 heterocycles. The number of benzene rings is 1. The highest BCUT2D eigenvalue weighted by molar-refractivity contribution is 6.00. The normalized spacial score (nSPS) is 11.0. The van der Waals surface area contributed by atoms with Gasteiger partial charge in [-0.05, 0) is 46.0 Å². The second-order valence-corrected chi connectivity index (χ2v) is 5.18. The Morgan fingerprint density at radius 2 is 1.72 bits per heavy atom. The summed E-state index contributed by atoms with van der Waals surface area (Å²) in [5.41, 5.74) is 4.24. The summed E-state index contributed by atoms with van der Waals surface area (Å²) in [5.74, 6) is 0.184. The van der Waals surface area contributed by atoms with Crippen LogP contribution in [-0.2, 0) is 0 Å². The topological polar surface area (TPSA) is 32.3 Å². The van der Waals surface area contributed by atoms with Gasteiger partial charge in [-0.1, -0.05) is 17.7 Å². The van der Waals surface area contributed by atoms with E-state index in [1.807, 2.05) is 27.9 Å². The molecule has 0 aliphatic carbocycles. The van der Waals surface area contributed by atoms with Gasteiger partial charge in [0.15, 0.2) is 5.78 Å². The fourth-order valence-electron chi connectivity index (χ4n) is 2.21. The van der Waals surface area contributed by atoms with Crippen molar-refractivity contribution in [2.45, 2.75) is 20.8 Å². The molecule has 0 aliphatic heterocycles. The molecule has 0 bridgehead atoms. The molecule has 1 aromatic carbocycles. The van der Waals surface area contributed by atoms with Crippen molar-refractivity contribution in [1.29, 1.82) is 0 Å². The third-order valence-corrected chi connectivity index (χ3v) is 2.98. The summed E-state index contributed by atoms with van der Waals surface area (Å²) in [6, 6.07) is 4.14. The number of hydrogen-bond acceptors (Lipinski definition) is 3. The molecule has 0 amide bonds. The molecule has 100 valence electrons. The molecule has 1 aromatic rings. The monoisotopic (exact) mass is 248 g/mol. The van der Waals surface area contributed by atoms with E-state index in [0.29, 0.717) is 6.54 Å². The van der Waals surface area contributed by atoms with Gasteiger partial charge in [-0.15, -0.1) is 0 Å². The van der Waals surface area contributed by atoms with E-state index in [2.05, 4.69) is 29.3 Å². The molecule has 1 N–H and O–H groups in total. The Morgan fingerprint density at radius 1 is 1.17 bits per heavy atom. The molecule has 0 saturated heterocycles. The van der Waals surface area contributed by atoms with Crippen LogP contribution >= 0.6 is 0 Å². The zero-order chi connectivity index (χ0) is 13.7. The standard InChI is InChI=1S/C15H24N2O/c1-11-8-12(2)15(13(3)9-11)14(18)10-16-6-7-17(4)5/h8-9,16H,6-7,10H2,1-5H3. The molecule has 0 atom stereocenters. The van der Waals surface area contributed by atoms with E-state index >= 15 is 0 Å². The number of carbonyl (C=O) groups excluding carboxylic acids is 1. The van der Waals surface area contributed by atoms with Gasteiger partial charge in [-0.2, -0.15) is 0 Å². The molecule has 3 nitrogen and oxygen atoms in total. The number of carbonyl (C=O) groups is 1. The zero-order valence-electron chi connectivity index (χ0n) is 12.1. The van der Waals surface area contributed by atoms with E-state index < -0.39 is 0 Å². The Balaban J connectivity index is 2.62. The number of nitrogens with one attached hydrogen (secondary N) is 1. The first kappa shape index (κ1) is 14.9. The number of nitrogens with zero attached hydrogens (tertiary/aromatic N) is 1. The van der Waals surface area contributed by atoms with Crippen molar-refractivity contribution in [3.63, 3.8) is 0 Å². The fourth-order valence-corrected chi connectivity index (χ4v) is 2.21. The molecule has 3 heteroatoms. The maximum absolute atomic E-state index is 12.2. The second-order valence-electron chi connectivity index (χ2n) is 5.18. The molecule has 1 rings (SSSR count). The van der Waals surface area contributed by atoms with Crippen LogP contribution in [0.4, 0.5) is 0 Å². The summed E-state index contributed by atoms with van der Waals surface area (Å²) < 4.78 is 0. The average molecular weight is 248 g/mol. The van der Waals surface area contributed by atoms with Crippen molar-refractivity contribution < 1.29 is 4.79 Å². The van der Waals surface area contributed by atoms with Crippen molar-refractivity contribution in [2.24, 2.45) is 0 Å². The van der Waals surface area contributed by atoms with E-state index in [0.717, 1.165) is 29.8 Å². The Labute approximate surface area is 110 Å².